The van der Waals surface area contributed by atoms with Gasteiger partial charge in [-0.1, -0.05) is 0 Å². The Morgan fingerprint density at radius 2 is 1.05 bits per heavy atom. The first kappa shape index (κ1) is 14.5. The van der Waals surface area contributed by atoms with Gasteiger partial charge in [-0.25, -0.2) is 9.13 Å². The lowest BCUT2D eigenvalue weighted by Gasteiger charge is -2.10. The predicted octanol–water partition coefficient (Wildman–Crippen LogP) is 3.29. The van der Waals surface area contributed by atoms with Crippen LogP contribution in [0.25, 0.3) is 22.5 Å². The summed E-state index contributed by atoms with van der Waals surface area (Å²) in [5, 5.41) is 0. The maximum atomic E-state index is 2.30. The van der Waals surface area contributed by atoms with E-state index in [1.54, 1.807) is 0 Å². The Hall–Kier alpha value is -2.48. The lowest BCUT2D eigenvalue weighted by molar-refractivity contribution is -0.660. The van der Waals surface area contributed by atoms with Gasteiger partial charge in [0.2, 0.25) is 11.4 Å². The molecule has 0 saturated carbocycles. The molecule has 0 aliphatic rings. The second kappa shape index (κ2) is 5.72. The van der Waals surface area contributed by atoms with Crippen LogP contribution in [0, 0.1) is 13.8 Å². The molecule has 2 heteroatoms. The molecule has 0 atom stereocenters. The molecule has 0 N–H and O–H groups in total. The van der Waals surface area contributed by atoms with Crippen molar-refractivity contribution in [2.24, 2.45) is 14.1 Å². The summed E-state index contributed by atoms with van der Waals surface area (Å²) in [6.45, 7) is 4.38. The first-order chi connectivity index (χ1) is 10.6. The van der Waals surface area contributed by atoms with Crippen LogP contribution >= 0.6 is 0 Å². The molecule has 0 saturated heterocycles. The fraction of sp³-hybridized carbons (Fsp3) is 0.200. The summed E-state index contributed by atoms with van der Waals surface area (Å²) >= 11 is 0. The number of rotatable bonds is 2. The molecule has 0 bridgehead atoms. The Bertz CT molecular complexity index is 764. The molecule has 0 fully saturated rings. The monoisotopic (exact) mass is 290 g/mol. The summed E-state index contributed by atoms with van der Waals surface area (Å²) < 4.78 is 4.34. The van der Waals surface area contributed by atoms with E-state index in [1.165, 1.54) is 33.6 Å². The van der Waals surface area contributed by atoms with Crippen LogP contribution in [0.3, 0.4) is 0 Å². The SMILES string of the molecule is Cc1cc(-c2cccc[n+]2C)c(C)cc1-c1cccc[n+]1C. The van der Waals surface area contributed by atoms with Gasteiger partial charge in [0.15, 0.2) is 12.4 Å². The minimum Gasteiger partial charge on any atom is -0.201 e. The van der Waals surface area contributed by atoms with Gasteiger partial charge < -0.3 is 0 Å². The highest BCUT2D eigenvalue weighted by molar-refractivity contribution is 5.71. The van der Waals surface area contributed by atoms with Crippen LogP contribution in [0.1, 0.15) is 11.1 Å². The summed E-state index contributed by atoms with van der Waals surface area (Å²) in [4.78, 5) is 0. The van der Waals surface area contributed by atoms with Crippen LogP contribution in [0.4, 0.5) is 0 Å². The zero-order valence-corrected chi connectivity index (χ0v) is 13.7. The van der Waals surface area contributed by atoms with E-state index in [2.05, 4.69) is 98.0 Å². The minimum atomic E-state index is 1.24. The first-order valence-electron chi connectivity index (χ1n) is 7.59. The maximum absolute atomic E-state index is 2.30. The standard InChI is InChI=1S/C20H22N2/c1-15-13-18(20-10-6-8-12-22(20)4)16(2)14-17(15)19-9-5-7-11-21(19)3/h5-14H,1-4H3/q+2. The Kier molecular flexibility index (Phi) is 3.76. The molecular weight excluding hydrogens is 268 g/mol. The van der Waals surface area contributed by atoms with Crippen molar-refractivity contribution in [3.05, 3.63) is 72.1 Å². The van der Waals surface area contributed by atoms with Crippen LogP contribution in [0.2, 0.25) is 0 Å². The van der Waals surface area contributed by atoms with E-state index in [-0.39, 0.29) is 0 Å². The molecule has 3 aromatic rings. The molecule has 110 valence electrons. The molecule has 22 heavy (non-hydrogen) atoms. The molecule has 2 heterocycles. The van der Waals surface area contributed by atoms with Crippen LogP contribution in [0.15, 0.2) is 60.9 Å². The Labute approximate surface area is 132 Å². The summed E-state index contributed by atoms with van der Waals surface area (Å²) in [6, 6.07) is 17.2. The first-order valence-corrected chi connectivity index (χ1v) is 7.59. The van der Waals surface area contributed by atoms with Gasteiger partial charge in [0.05, 0.1) is 0 Å². The van der Waals surface area contributed by atoms with E-state index in [1.807, 2.05) is 0 Å². The molecule has 3 rings (SSSR count). The quantitative estimate of drug-likeness (QED) is 0.640. The van der Waals surface area contributed by atoms with Gasteiger partial charge in [0.25, 0.3) is 0 Å². The van der Waals surface area contributed by atoms with Gasteiger partial charge in [-0.3, -0.25) is 0 Å². The van der Waals surface area contributed by atoms with Crippen molar-refractivity contribution >= 4 is 0 Å². The number of pyridine rings is 2. The Morgan fingerprint density at radius 1 is 0.636 bits per heavy atom. The third-order valence-corrected chi connectivity index (χ3v) is 4.23. The summed E-state index contributed by atoms with van der Waals surface area (Å²) in [5.41, 5.74) is 7.67. The third-order valence-electron chi connectivity index (χ3n) is 4.23. The van der Waals surface area contributed by atoms with Crippen molar-refractivity contribution in [1.29, 1.82) is 0 Å². The second-order valence-corrected chi connectivity index (χ2v) is 5.88. The van der Waals surface area contributed by atoms with Crippen LogP contribution < -0.4 is 9.13 Å². The molecule has 0 aliphatic heterocycles. The molecule has 0 unspecified atom stereocenters. The van der Waals surface area contributed by atoms with Gasteiger partial charge in [-0.2, -0.15) is 0 Å². The van der Waals surface area contributed by atoms with Crippen molar-refractivity contribution in [1.82, 2.24) is 0 Å². The normalized spacial score (nSPS) is 10.7. The molecule has 1 aromatic carbocycles. The predicted molar refractivity (Wildman–Crippen MR) is 89.1 cm³/mol. The van der Waals surface area contributed by atoms with Crippen LogP contribution in [0.5, 0.6) is 0 Å². The van der Waals surface area contributed by atoms with Crippen molar-refractivity contribution in [2.75, 3.05) is 0 Å². The molecule has 2 aromatic heterocycles. The Morgan fingerprint density at radius 3 is 1.41 bits per heavy atom. The molecule has 0 aliphatic carbocycles. The number of benzene rings is 1. The van der Waals surface area contributed by atoms with Crippen LogP contribution in [-0.2, 0) is 14.1 Å². The van der Waals surface area contributed by atoms with Gasteiger partial charge in [-0.05, 0) is 49.2 Å². The van der Waals surface area contributed by atoms with Gasteiger partial charge in [0.1, 0.15) is 14.1 Å². The van der Waals surface area contributed by atoms with Gasteiger partial charge in [0, 0.05) is 35.4 Å². The molecule has 2 nitrogen and oxygen atoms in total. The largest absolute Gasteiger partial charge is 0.212 e. The highest BCUT2D eigenvalue weighted by Crippen LogP contribution is 2.28. The number of hydrogen-bond acceptors (Lipinski definition) is 0. The van der Waals surface area contributed by atoms with E-state index < -0.39 is 0 Å². The zero-order chi connectivity index (χ0) is 15.7. The Balaban J connectivity index is 2.18. The smallest absolute Gasteiger partial charge is 0.201 e. The highest BCUT2D eigenvalue weighted by Gasteiger charge is 2.17. The lowest BCUT2D eigenvalue weighted by Crippen LogP contribution is -2.31. The number of nitrogens with zero attached hydrogens (tertiary/aromatic N) is 2. The van der Waals surface area contributed by atoms with E-state index in [0.717, 1.165) is 0 Å². The van der Waals surface area contributed by atoms with Gasteiger partial charge in [-0.15, -0.1) is 0 Å². The third kappa shape index (κ3) is 2.52. The highest BCUT2D eigenvalue weighted by atomic mass is 14.9. The second-order valence-electron chi connectivity index (χ2n) is 5.88. The van der Waals surface area contributed by atoms with E-state index in [0.29, 0.717) is 0 Å². The number of aromatic nitrogens is 2. The topological polar surface area (TPSA) is 7.76 Å². The molecule has 0 amide bonds. The van der Waals surface area contributed by atoms with Crippen molar-refractivity contribution < 1.29 is 9.13 Å². The fourth-order valence-electron chi connectivity index (χ4n) is 2.97. The van der Waals surface area contributed by atoms with Crippen molar-refractivity contribution in [2.45, 2.75) is 13.8 Å². The zero-order valence-electron chi connectivity index (χ0n) is 13.7. The van der Waals surface area contributed by atoms with Crippen molar-refractivity contribution in [3.63, 3.8) is 0 Å². The van der Waals surface area contributed by atoms with E-state index >= 15 is 0 Å². The summed E-state index contributed by atoms with van der Waals surface area (Å²) in [5.74, 6) is 0. The number of aryl methyl sites for hydroxylation is 4. The fourth-order valence-corrected chi connectivity index (χ4v) is 2.97. The van der Waals surface area contributed by atoms with Gasteiger partial charge >= 0.3 is 0 Å². The summed E-state index contributed by atoms with van der Waals surface area (Å²) in [6.07, 6.45) is 4.18. The van der Waals surface area contributed by atoms with Crippen molar-refractivity contribution in [3.8, 4) is 22.5 Å². The summed E-state index contributed by atoms with van der Waals surface area (Å²) in [7, 11) is 4.18. The van der Waals surface area contributed by atoms with E-state index in [9.17, 15) is 0 Å². The molecule has 0 radical (unpaired) electrons. The maximum Gasteiger partial charge on any atom is 0.212 e. The van der Waals surface area contributed by atoms with Crippen LogP contribution in [-0.4, -0.2) is 0 Å². The minimum absolute atomic E-state index is 1.24. The average molecular weight is 290 g/mol. The number of hydrogen-bond donors (Lipinski definition) is 0. The molecule has 0 spiro atoms. The molecular formula is C20H22N2+2. The lowest BCUT2D eigenvalue weighted by atomic mass is 9.95. The average Bonchev–Trinajstić information content (AvgIpc) is 2.51. The van der Waals surface area contributed by atoms with E-state index in [4.69, 9.17) is 0 Å².